The van der Waals surface area contributed by atoms with Crippen LogP contribution in [0, 0.1) is 22.7 Å². The molecule has 0 spiro atoms. The molecule has 0 bridgehead atoms. The topological polar surface area (TPSA) is 57.4 Å². The molecule has 0 saturated heterocycles. The van der Waals surface area contributed by atoms with Crippen LogP contribution in [-0.2, 0) is 10.8 Å². The third-order valence-corrected chi connectivity index (χ3v) is 16.4. The molecule has 2 heterocycles. The molecule has 13 aromatic rings. The van der Waals surface area contributed by atoms with Gasteiger partial charge in [-0.25, -0.2) is 0 Å². The van der Waals surface area contributed by atoms with Crippen molar-refractivity contribution in [2.24, 2.45) is 0 Å². The zero-order valence-corrected chi connectivity index (χ0v) is 40.0. The lowest BCUT2D eigenvalue weighted by molar-refractivity contribution is 0.776. The van der Waals surface area contributed by atoms with Gasteiger partial charge >= 0.3 is 0 Å². The summed E-state index contributed by atoms with van der Waals surface area (Å²) in [5, 5.41) is 27.0. The van der Waals surface area contributed by atoms with E-state index in [0.717, 1.165) is 49.3 Å². The number of fused-ring (bicyclic) bond motifs is 14. The normalized spacial score (nSPS) is 13.6. The molecular weight excluding hydrogens is 897 g/mol. The number of hydrogen-bond acceptors (Lipinski definition) is 2. The second-order valence-corrected chi connectivity index (χ2v) is 19.6. The molecule has 0 N–H and O–H groups in total. The maximum atomic E-state index is 11.6. The van der Waals surface area contributed by atoms with Crippen LogP contribution in [0.3, 0.4) is 0 Å². The highest BCUT2D eigenvalue weighted by atomic mass is 15.1. The third kappa shape index (κ3) is 5.28. The van der Waals surface area contributed by atoms with Gasteiger partial charge in [-0.05, 0) is 103 Å². The summed E-state index contributed by atoms with van der Waals surface area (Å²) in [5.41, 5.74) is 19.0. The molecule has 74 heavy (non-hydrogen) atoms. The lowest BCUT2D eigenvalue weighted by Gasteiger charge is -2.34. The number of benzene rings is 11. The van der Waals surface area contributed by atoms with E-state index in [1.165, 1.54) is 66.8 Å². The standard InChI is InChI=1S/C70H42N4/c71-43-45-37-40-63(73-59-35-19-15-31-54(59)64-61(73)41-38-52-50-29-13-17-33-57(50)69(66(52)64,46-21-5-1-6-22-46)47-23-7-2-8-24-47)68(56(45)44-72)74-60-36-20-16-32-55(60)65-62(74)42-39-53-51-30-14-18-34-58(51)70(67(53)65,48-25-9-3-10-26-48)49-27-11-4-12-28-49/h1-42H. The minimum absolute atomic E-state index is 0.316. The molecule has 0 amide bonds. The highest BCUT2D eigenvalue weighted by Gasteiger charge is 2.49. The Morgan fingerprint density at radius 1 is 0.311 bits per heavy atom. The van der Waals surface area contributed by atoms with Gasteiger partial charge in [0.2, 0.25) is 0 Å². The van der Waals surface area contributed by atoms with Crippen molar-refractivity contribution >= 4 is 43.6 Å². The summed E-state index contributed by atoms with van der Waals surface area (Å²) in [6.45, 7) is 0. The van der Waals surface area contributed by atoms with Crippen molar-refractivity contribution in [1.29, 1.82) is 10.5 Å². The van der Waals surface area contributed by atoms with E-state index < -0.39 is 10.8 Å². The van der Waals surface area contributed by atoms with Gasteiger partial charge in [0.15, 0.2) is 0 Å². The Morgan fingerprint density at radius 2 is 0.703 bits per heavy atom. The van der Waals surface area contributed by atoms with Crippen molar-refractivity contribution in [3.05, 3.63) is 310 Å². The van der Waals surface area contributed by atoms with E-state index >= 15 is 0 Å². The van der Waals surface area contributed by atoms with Gasteiger partial charge in [0.25, 0.3) is 0 Å². The van der Waals surface area contributed by atoms with Gasteiger partial charge in [-0.2, -0.15) is 10.5 Å². The fourth-order valence-electron chi connectivity index (χ4n) is 13.7. The molecular formula is C70H42N4. The van der Waals surface area contributed by atoms with Crippen LogP contribution in [0.1, 0.15) is 55.6 Å². The van der Waals surface area contributed by atoms with E-state index in [1.807, 2.05) is 6.07 Å². The summed E-state index contributed by atoms with van der Waals surface area (Å²) in [6.07, 6.45) is 0. The van der Waals surface area contributed by atoms with Crippen molar-refractivity contribution in [2.75, 3.05) is 0 Å². The van der Waals surface area contributed by atoms with Crippen LogP contribution in [0.4, 0.5) is 0 Å². The average Bonchev–Trinajstić information content (AvgIpc) is 4.32. The molecule has 342 valence electrons. The van der Waals surface area contributed by atoms with Crippen LogP contribution >= 0.6 is 0 Å². The number of aromatic nitrogens is 2. The predicted octanol–water partition coefficient (Wildman–Crippen LogP) is 16.4. The van der Waals surface area contributed by atoms with Gasteiger partial charge in [0, 0.05) is 21.5 Å². The zero-order chi connectivity index (χ0) is 49.1. The number of rotatable bonds is 6. The first kappa shape index (κ1) is 41.8. The molecule has 0 unspecified atom stereocenters. The van der Waals surface area contributed by atoms with Crippen LogP contribution in [0.2, 0.25) is 0 Å². The first-order chi connectivity index (χ1) is 36.7. The Morgan fingerprint density at radius 3 is 1.15 bits per heavy atom. The maximum Gasteiger partial charge on any atom is 0.103 e. The summed E-state index contributed by atoms with van der Waals surface area (Å²) >= 11 is 0. The van der Waals surface area contributed by atoms with Gasteiger partial charge in [-0.15, -0.1) is 0 Å². The first-order valence-corrected chi connectivity index (χ1v) is 25.2. The molecule has 15 rings (SSSR count). The lowest BCUT2D eigenvalue weighted by atomic mass is 9.67. The zero-order valence-electron chi connectivity index (χ0n) is 40.0. The Balaban J connectivity index is 1.10. The van der Waals surface area contributed by atoms with E-state index in [2.05, 4.69) is 270 Å². The van der Waals surface area contributed by atoms with Gasteiger partial charge in [-0.1, -0.05) is 218 Å². The Bertz CT molecular complexity index is 4470. The smallest absolute Gasteiger partial charge is 0.103 e. The molecule has 0 fully saturated rings. The highest BCUT2D eigenvalue weighted by molar-refractivity contribution is 6.18. The fourth-order valence-corrected chi connectivity index (χ4v) is 13.7. The van der Waals surface area contributed by atoms with Gasteiger partial charge in [0.05, 0.1) is 55.4 Å². The minimum Gasteiger partial charge on any atom is -0.307 e. The van der Waals surface area contributed by atoms with Gasteiger partial charge in [0.1, 0.15) is 12.1 Å². The van der Waals surface area contributed by atoms with Crippen LogP contribution in [0.5, 0.6) is 0 Å². The van der Waals surface area contributed by atoms with Crippen LogP contribution in [0.25, 0.3) is 77.2 Å². The summed E-state index contributed by atoms with van der Waals surface area (Å²) in [7, 11) is 0. The molecule has 0 radical (unpaired) electrons. The Hall–Kier alpha value is -10.0. The Kier molecular flexibility index (Phi) is 8.89. The van der Waals surface area contributed by atoms with Crippen molar-refractivity contribution < 1.29 is 0 Å². The lowest BCUT2D eigenvalue weighted by Crippen LogP contribution is -2.28. The molecule has 2 aromatic heterocycles. The summed E-state index contributed by atoms with van der Waals surface area (Å²) in [6, 6.07) is 96.9. The number of nitrogens with zero attached hydrogens (tertiary/aromatic N) is 4. The van der Waals surface area contributed by atoms with Crippen LogP contribution in [-0.4, -0.2) is 9.13 Å². The van der Waals surface area contributed by atoms with Crippen LogP contribution < -0.4 is 0 Å². The Labute approximate surface area is 428 Å². The minimum atomic E-state index is -0.687. The second kappa shape index (κ2) is 15.8. The van der Waals surface area contributed by atoms with Gasteiger partial charge in [-0.3, -0.25) is 0 Å². The third-order valence-electron chi connectivity index (χ3n) is 16.4. The van der Waals surface area contributed by atoms with E-state index in [4.69, 9.17) is 0 Å². The van der Waals surface area contributed by atoms with E-state index in [9.17, 15) is 10.5 Å². The van der Waals surface area contributed by atoms with Gasteiger partial charge < -0.3 is 9.13 Å². The molecule has 11 aromatic carbocycles. The molecule has 2 aliphatic carbocycles. The van der Waals surface area contributed by atoms with E-state index in [1.54, 1.807) is 0 Å². The fraction of sp³-hybridized carbons (Fsp3) is 0.0286. The van der Waals surface area contributed by atoms with E-state index in [-0.39, 0.29) is 0 Å². The molecule has 2 aliphatic rings. The van der Waals surface area contributed by atoms with Crippen molar-refractivity contribution in [1.82, 2.24) is 9.13 Å². The largest absolute Gasteiger partial charge is 0.307 e. The molecule has 0 saturated carbocycles. The first-order valence-electron chi connectivity index (χ1n) is 25.2. The highest BCUT2D eigenvalue weighted by Crippen LogP contribution is 2.61. The molecule has 4 heteroatoms. The molecule has 0 aliphatic heterocycles. The maximum absolute atomic E-state index is 11.6. The summed E-state index contributed by atoms with van der Waals surface area (Å²) in [4.78, 5) is 0. The quantitative estimate of drug-likeness (QED) is 0.167. The van der Waals surface area contributed by atoms with Crippen molar-refractivity contribution in [3.63, 3.8) is 0 Å². The van der Waals surface area contributed by atoms with Crippen molar-refractivity contribution in [3.8, 4) is 45.8 Å². The molecule has 0 atom stereocenters. The monoisotopic (exact) mass is 938 g/mol. The summed E-state index contributed by atoms with van der Waals surface area (Å²) < 4.78 is 4.64. The number of hydrogen-bond donors (Lipinski definition) is 0. The molecule has 4 nitrogen and oxygen atoms in total. The second-order valence-electron chi connectivity index (χ2n) is 19.6. The van der Waals surface area contributed by atoms with E-state index in [0.29, 0.717) is 16.8 Å². The predicted molar refractivity (Wildman–Crippen MR) is 299 cm³/mol. The summed E-state index contributed by atoms with van der Waals surface area (Å²) in [5.74, 6) is 0. The SMILES string of the molecule is N#Cc1ccc(-n2c3ccccc3c3c4c(ccc32)-c2ccccc2C4(c2ccccc2)c2ccccc2)c(-n2c3ccccc3c3c4c(ccc32)-c2ccccc2C4(c2ccccc2)c2ccccc2)c1C#N. The average molecular weight is 939 g/mol. The number of para-hydroxylation sites is 2. The van der Waals surface area contributed by atoms with Crippen molar-refractivity contribution in [2.45, 2.75) is 10.8 Å². The number of nitriles is 2. The van der Waals surface area contributed by atoms with Crippen LogP contribution in [0.15, 0.2) is 255 Å².